The lowest BCUT2D eigenvalue weighted by molar-refractivity contribution is 0.0484. The van der Waals surface area contributed by atoms with E-state index in [-0.39, 0.29) is 12.2 Å². The van der Waals surface area contributed by atoms with Crippen LogP contribution in [0.4, 0.5) is 0 Å². The average molecular weight is 246 g/mol. The third-order valence-corrected chi connectivity index (χ3v) is 9.97. The van der Waals surface area contributed by atoms with Crippen LogP contribution < -0.4 is 0 Å². The Morgan fingerprint density at radius 3 is 1.25 bits per heavy atom. The van der Waals surface area contributed by atoms with E-state index in [2.05, 4.69) is 41.5 Å². The predicted molar refractivity (Wildman–Crippen MR) is 73.3 cm³/mol. The van der Waals surface area contributed by atoms with Crippen molar-refractivity contribution in [3.05, 3.63) is 0 Å². The van der Waals surface area contributed by atoms with Gasteiger partial charge in [-0.2, -0.15) is 0 Å². The maximum atomic E-state index is 9.63. The molecule has 3 heteroatoms. The van der Waals surface area contributed by atoms with E-state index in [1.54, 1.807) is 0 Å². The standard InChI is InChI=1S/C13H30O2Si/c1-9(2)16(10(3)4,11(5)6)15-13(8)12(7)14/h9-14H,1-8H3/t12-,13+/m1/s1. The lowest BCUT2D eigenvalue weighted by atomic mass is 10.3. The van der Waals surface area contributed by atoms with Gasteiger partial charge >= 0.3 is 0 Å². The largest absolute Gasteiger partial charge is 0.411 e. The molecule has 0 aromatic heterocycles. The van der Waals surface area contributed by atoms with Crippen LogP contribution in [0.1, 0.15) is 55.4 Å². The van der Waals surface area contributed by atoms with E-state index < -0.39 is 8.32 Å². The van der Waals surface area contributed by atoms with E-state index >= 15 is 0 Å². The van der Waals surface area contributed by atoms with Gasteiger partial charge in [0, 0.05) is 0 Å². The normalized spacial score (nSPS) is 17.2. The van der Waals surface area contributed by atoms with Crippen LogP contribution in [-0.4, -0.2) is 25.6 Å². The van der Waals surface area contributed by atoms with Crippen LogP contribution in [0.5, 0.6) is 0 Å². The first-order chi connectivity index (χ1) is 7.16. The van der Waals surface area contributed by atoms with Crippen molar-refractivity contribution in [1.82, 2.24) is 0 Å². The van der Waals surface area contributed by atoms with Gasteiger partial charge in [-0.05, 0) is 30.5 Å². The number of aliphatic hydroxyl groups is 1. The highest BCUT2D eigenvalue weighted by molar-refractivity contribution is 6.77. The Morgan fingerprint density at radius 2 is 1.06 bits per heavy atom. The van der Waals surface area contributed by atoms with Crippen molar-refractivity contribution in [2.45, 2.75) is 84.2 Å². The first kappa shape index (κ1) is 16.1. The van der Waals surface area contributed by atoms with Crippen molar-refractivity contribution in [3.8, 4) is 0 Å². The molecule has 0 fully saturated rings. The van der Waals surface area contributed by atoms with Crippen LogP contribution in [-0.2, 0) is 4.43 Å². The van der Waals surface area contributed by atoms with Crippen molar-refractivity contribution in [2.75, 3.05) is 0 Å². The maximum absolute atomic E-state index is 9.63. The van der Waals surface area contributed by atoms with Crippen LogP contribution >= 0.6 is 0 Å². The van der Waals surface area contributed by atoms with Gasteiger partial charge in [0.2, 0.25) is 8.32 Å². The lowest BCUT2D eigenvalue weighted by Gasteiger charge is -2.44. The van der Waals surface area contributed by atoms with Gasteiger partial charge in [0.25, 0.3) is 0 Å². The minimum atomic E-state index is -1.81. The number of hydrogen-bond acceptors (Lipinski definition) is 2. The second-order valence-corrected chi connectivity index (χ2v) is 11.3. The SMILES string of the molecule is CC(C)[Si](O[C@@H](C)[C@@H](C)O)(C(C)C)C(C)C. The fourth-order valence-corrected chi connectivity index (χ4v) is 8.49. The zero-order valence-electron chi connectivity index (χ0n) is 12.2. The molecule has 0 aliphatic heterocycles. The minimum absolute atomic E-state index is 0.0566. The van der Waals surface area contributed by atoms with Gasteiger partial charge in [0.15, 0.2) is 0 Å². The smallest absolute Gasteiger partial charge is 0.200 e. The minimum Gasteiger partial charge on any atom is -0.411 e. The molecule has 0 aromatic carbocycles. The summed E-state index contributed by atoms with van der Waals surface area (Å²) in [4.78, 5) is 0. The van der Waals surface area contributed by atoms with E-state index in [0.717, 1.165) is 0 Å². The van der Waals surface area contributed by atoms with E-state index in [9.17, 15) is 5.11 Å². The summed E-state index contributed by atoms with van der Waals surface area (Å²) >= 11 is 0. The first-order valence-electron chi connectivity index (χ1n) is 6.52. The molecule has 16 heavy (non-hydrogen) atoms. The van der Waals surface area contributed by atoms with Crippen molar-refractivity contribution >= 4 is 8.32 Å². The Bertz CT molecular complexity index is 178. The summed E-state index contributed by atoms with van der Waals surface area (Å²) in [6.07, 6.45) is -0.443. The van der Waals surface area contributed by atoms with E-state index in [1.807, 2.05) is 13.8 Å². The molecule has 0 radical (unpaired) electrons. The monoisotopic (exact) mass is 246 g/mol. The Kier molecular flexibility index (Phi) is 6.23. The van der Waals surface area contributed by atoms with Crippen molar-refractivity contribution < 1.29 is 9.53 Å². The second kappa shape index (κ2) is 6.17. The number of hydrogen-bond donors (Lipinski definition) is 1. The highest BCUT2D eigenvalue weighted by Gasteiger charge is 2.46. The molecule has 0 bridgehead atoms. The predicted octanol–water partition coefficient (Wildman–Crippen LogP) is 3.95. The highest BCUT2D eigenvalue weighted by Crippen LogP contribution is 2.43. The molecule has 0 heterocycles. The lowest BCUT2D eigenvalue weighted by Crippen LogP contribution is -2.51. The molecule has 1 N–H and O–H groups in total. The molecule has 0 aromatic rings. The van der Waals surface area contributed by atoms with E-state index in [0.29, 0.717) is 16.6 Å². The molecule has 0 saturated carbocycles. The Hall–Kier alpha value is 0.137. The van der Waals surface area contributed by atoms with Crippen molar-refractivity contribution in [3.63, 3.8) is 0 Å². The fraction of sp³-hybridized carbons (Fsp3) is 1.00. The number of rotatable bonds is 6. The highest BCUT2D eigenvalue weighted by atomic mass is 28.4. The molecule has 0 saturated heterocycles. The quantitative estimate of drug-likeness (QED) is 0.719. The van der Waals surface area contributed by atoms with Crippen LogP contribution in [0.2, 0.25) is 16.6 Å². The second-order valence-electron chi connectivity index (χ2n) is 5.88. The molecular weight excluding hydrogens is 216 g/mol. The van der Waals surface area contributed by atoms with Crippen LogP contribution in [0, 0.1) is 0 Å². The topological polar surface area (TPSA) is 29.5 Å². The molecule has 2 nitrogen and oxygen atoms in total. The molecule has 0 aliphatic rings. The van der Waals surface area contributed by atoms with Crippen LogP contribution in [0.25, 0.3) is 0 Å². The Morgan fingerprint density at radius 1 is 0.750 bits per heavy atom. The zero-order valence-corrected chi connectivity index (χ0v) is 13.2. The fourth-order valence-electron chi connectivity index (χ4n) is 2.83. The van der Waals surface area contributed by atoms with Crippen molar-refractivity contribution in [1.29, 1.82) is 0 Å². The first-order valence-corrected chi connectivity index (χ1v) is 8.66. The van der Waals surface area contributed by atoms with Gasteiger partial charge in [-0.15, -0.1) is 0 Å². The molecule has 2 atom stereocenters. The third-order valence-electron chi connectivity index (χ3n) is 3.78. The van der Waals surface area contributed by atoms with Gasteiger partial charge in [-0.25, -0.2) is 0 Å². The molecule has 98 valence electrons. The maximum Gasteiger partial charge on any atom is 0.200 e. The van der Waals surface area contributed by atoms with E-state index in [4.69, 9.17) is 4.43 Å². The summed E-state index contributed by atoms with van der Waals surface area (Å²) in [5.41, 5.74) is 1.73. The number of aliphatic hydroxyl groups excluding tert-OH is 1. The van der Waals surface area contributed by atoms with Crippen molar-refractivity contribution in [2.24, 2.45) is 0 Å². The summed E-state index contributed by atoms with van der Waals surface area (Å²) in [5, 5.41) is 9.63. The molecule has 0 amide bonds. The van der Waals surface area contributed by atoms with E-state index in [1.165, 1.54) is 0 Å². The van der Waals surface area contributed by atoms with Gasteiger partial charge < -0.3 is 9.53 Å². The Balaban J connectivity index is 5.05. The summed E-state index contributed by atoms with van der Waals surface area (Å²) < 4.78 is 6.37. The van der Waals surface area contributed by atoms with Gasteiger partial charge in [-0.3, -0.25) is 0 Å². The molecule has 0 aliphatic carbocycles. The molecule has 0 rings (SSSR count). The van der Waals surface area contributed by atoms with Crippen LogP contribution in [0.15, 0.2) is 0 Å². The van der Waals surface area contributed by atoms with Gasteiger partial charge in [0.05, 0.1) is 12.2 Å². The molecule has 0 unspecified atom stereocenters. The van der Waals surface area contributed by atoms with Crippen LogP contribution in [0.3, 0.4) is 0 Å². The Labute approximate surface area is 103 Å². The average Bonchev–Trinajstić information content (AvgIpc) is 2.11. The van der Waals surface area contributed by atoms with Gasteiger partial charge in [0.1, 0.15) is 0 Å². The summed E-state index contributed by atoms with van der Waals surface area (Å²) in [6.45, 7) is 17.4. The summed E-state index contributed by atoms with van der Waals surface area (Å²) in [7, 11) is -1.81. The molecule has 0 spiro atoms. The summed E-state index contributed by atoms with van der Waals surface area (Å²) in [6, 6.07) is 0. The van der Waals surface area contributed by atoms with Gasteiger partial charge in [-0.1, -0.05) is 41.5 Å². The zero-order chi connectivity index (χ0) is 13.1. The molecular formula is C13H30O2Si. The third kappa shape index (κ3) is 3.31. The summed E-state index contributed by atoms with van der Waals surface area (Å²) in [5.74, 6) is 0.